The minimum Gasteiger partial charge on any atom is -0.459 e. The summed E-state index contributed by atoms with van der Waals surface area (Å²) in [4.78, 5) is 26.6. The van der Waals surface area contributed by atoms with Crippen molar-refractivity contribution in [2.24, 2.45) is 0 Å². The van der Waals surface area contributed by atoms with Crippen LogP contribution in [0.3, 0.4) is 0 Å². The Kier molecular flexibility index (Phi) is 6.84. The second-order valence-electron chi connectivity index (χ2n) is 7.14. The van der Waals surface area contributed by atoms with E-state index < -0.39 is 0 Å². The lowest BCUT2D eigenvalue weighted by molar-refractivity contribution is -0.0680. The standard InChI is InChI=1S/C21H27N3O4/c1-15-13-24(14-16(2)28-15)11-4-10-22-20(25)17-6-8-18(9-7-17)23-21(26)19-5-3-12-27-19/h3,5-9,12,15-16H,4,10-11,13-14H2,1-2H3,(H,22,25)(H,23,26). The first-order chi connectivity index (χ1) is 13.5. The Bertz CT molecular complexity index is 763. The number of nitrogens with zero attached hydrogens (tertiary/aromatic N) is 1. The van der Waals surface area contributed by atoms with Crippen molar-refractivity contribution >= 4 is 17.5 Å². The minimum atomic E-state index is -0.325. The lowest BCUT2D eigenvalue weighted by atomic mass is 10.2. The molecule has 0 radical (unpaired) electrons. The van der Waals surface area contributed by atoms with Gasteiger partial charge in [0.05, 0.1) is 18.5 Å². The van der Waals surface area contributed by atoms with Crippen molar-refractivity contribution in [2.45, 2.75) is 32.5 Å². The van der Waals surface area contributed by atoms with Crippen molar-refractivity contribution < 1.29 is 18.7 Å². The molecule has 7 heteroatoms. The highest BCUT2D eigenvalue weighted by atomic mass is 16.5. The molecule has 2 heterocycles. The van der Waals surface area contributed by atoms with Crippen LogP contribution < -0.4 is 10.6 Å². The molecule has 2 amide bonds. The van der Waals surface area contributed by atoms with Gasteiger partial charge in [0, 0.05) is 37.4 Å². The van der Waals surface area contributed by atoms with Gasteiger partial charge in [-0.25, -0.2) is 0 Å². The van der Waals surface area contributed by atoms with Crippen molar-refractivity contribution in [3.05, 3.63) is 54.0 Å². The number of morpholine rings is 1. The molecule has 0 spiro atoms. The van der Waals surface area contributed by atoms with E-state index in [-0.39, 0.29) is 29.8 Å². The van der Waals surface area contributed by atoms with Crippen LogP contribution in [0.5, 0.6) is 0 Å². The maximum Gasteiger partial charge on any atom is 0.291 e. The number of ether oxygens (including phenoxy) is 1. The van der Waals surface area contributed by atoms with Gasteiger partial charge < -0.3 is 19.8 Å². The van der Waals surface area contributed by atoms with Gasteiger partial charge in [-0.1, -0.05) is 0 Å². The van der Waals surface area contributed by atoms with Gasteiger partial charge >= 0.3 is 0 Å². The van der Waals surface area contributed by atoms with Crippen LogP contribution in [0.4, 0.5) is 5.69 Å². The van der Waals surface area contributed by atoms with Crippen molar-refractivity contribution in [1.29, 1.82) is 0 Å². The SMILES string of the molecule is CC1CN(CCCNC(=O)c2ccc(NC(=O)c3ccco3)cc2)CC(C)O1. The fraction of sp³-hybridized carbons (Fsp3) is 0.429. The van der Waals surface area contributed by atoms with Crippen LogP contribution in [0.25, 0.3) is 0 Å². The van der Waals surface area contributed by atoms with E-state index in [4.69, 9.17) is 9.15 Å². The predicted molar refractivity (Wildman–Crippen MR) is 107 cm³/mol. The second-order valence-corrected chi connectivity index (χ2v) is 7.14. The van der Waals surface area contributed by atoms with Crippen molar-refractivity contribution in [3.63, 3.8) is 0 Å². The molecular weight excluding hydrogens is 358 g/mol. The molecule has 1 aliphatic rings. The van der Waals surface area contributed by atoms with Crippen LogP contribution in [-0.4, -0.2) is 55.1 Å². The Morgan fingerprint density at radius 2 is 1.79 bits per heavy atom. The molecule has 1 aromatic carbocycles. The lowest BCUT2D eigenvalue weighted by Crippen LogP contribution is -2.46. The van der Waals surface area contributed by atoms with Gasteiger partial charge in [0.15, 0.2) is 5.76 Å². The van der Waals surface area contributed by atoms with Crippen LogP contribution in [0.15, 0.2) is 47.1 Å². The van der Waals surface area contributed by atoms with Gasteiger partial charge in [-0.15, -0.1) is 0 Å². The summed E-state index contributed by atoms with van der Waals surface area (Å²) in [5.41, 5.74) is 1.16. The molecule has 1 aliphatic heterocycles. The van der Waals surface area contributed by atoms with E-state index in [1.54, 1.807) is 36.4 Å². The number of carbonyl (C=O) groups is 2. The maximum absolute atomic E-state index is 12.3. The Labute approximate surface area is 165 Å². The summed E-state index contributed by atoms with van der Waals surface area (Å²) >= 11 is 0. The summed E-state index contributed by atoms with van der Waals surface area (Å²) < 4.78 is 10.8. The molecule has 1 aromatic heterocycles. The van der Waals surface area contributed by atoms with Crippen LogP contribution in [0.1, 0.15) is 41.2 Å². The highest BCUT2D eigenvalue weighted by Gasteiger charge is 2.21. The minimum absolute atomic E-state index is 0.118. The predicted octanol–water partition coefficient (Wildman–Crippen LogP) is 2.76. The molecule has 1 saturated heterocycles. The highest BCUT2D eigenvalue weighted by Crippen LogP contribution is 2.12. The smallest absolute Gasteiger partial charge is 0.291 e. The summed E-state index contributed by atoms with van der Waals surface area (Å²) in [5.74, 6) is -0.201. The number of furan rings is 1. The molecule has 2 N–H and O–H groups in total. The van der Waals surface area contributed by atoms with Crippen molar-refractivity contribution in [3.8, 4) is 0 Å². The van der Waals surface area contributed by atoms with E-state index in [9.17, 15) is 9.59 Å². The largest absolute Gasteiger partial charge is 0.459 e. The fourth-order valence-electron chi connectivity index (χ4n) is 3.38. The third kappa shape index (κ3) is 5.68. The lowest BCUT2D eigenvalue weighted by Gasteiger charge is -2.35. The van der Waals surface area contributed by atoms with Gasteiger partial charge in [0.2, 0.25) is 0 Å². The molecule has 0 bridgehead atoms. The molecule has 2 atom stereocenters. The zero-order chi connectivity index (χ0) is 19.9. The first-order valence-corrected chi connectivity index (χ1v) is 9.62. The monoisotopic (exact) mass is 385 g/mol. The average Bonchev–Trinajstić information content (AvgIpc) is 3.20. The van der Waals surface area contributed by atoms with Gasteiger partial charge in [-0.2, -0.15) is 0 Å². The first-order valence-electron chi connectivity index (χ1n) is 9.62. The molecular formula is C21H27N3O4. The number of carbonyl (C=O) groups excluding carboxylic acids is 2. The van der Waals surface area contributed by atoms with Crippen molar-refractivity contribution in [2.75, 3.05) is 31.5 Å². The summed E-state index contributed by atoms with van der Waals surface area (Å²) in [6.45, 7) is 7.61. The highest BCUT2D eigenvalue weighted by molar-refractivity contribution is 6.02. The molecule has 2 unspecified atom stereocenters. The zero-order valence-electron chi connectivity index (χ0n) is 16.3. The third-order valence-corrected chi connectivity index (χ3v) is 4.58. The Morgan fingerprint density at radius 1 is 1.07 bits per heavy atom. The molecule has 1 fully saturated rings. The summed E-state index contributed by atoms with van der Waals surface area (Å²) in [6.07, 6.45) is 2.85. The van der Waals surface area contributed by atoms with Crippen LogP contribution in [-0.2, 0) is 4.74 Å². The Morgan fingerprint density at radius 3 is 2.43 bits per heavy atom. The van der Waals surface area contributed by atoms with Crippen LogP contribution >= 0.6 is 0 Å². The molecule has 3 rings (SSSR count). The number of nitrogens with one attached hydrogen (secondary N) is 2. The van der Waals surface area contributed by atoms with Crippen molar-refractivity contribution in [1.82, 2.24) is 10.2 Å². The molecule has 28 heavy (non-hydrogen) atoms. The summed E-state index contributed by atoms with van der Waals surface area (Å²) in [5, 5.41) is 5.67. The van der Waals surface area contributed by atoms with Gasteiger partial charge in [-0.05, 0) is 56.7 Å². The van der Waals surface area contributed by atoms with E-state index in [0.717, 1.165) is 26.1 Å². The fourth-order valence-corrected chi connectivity index (χ4v) is 3.38. The van der Waals surface area contributed by atoms with Gasteiger partial charge in [-0.3, -0.25) is 14.5 Å². The number of amides is 2. The molecule has 2 aromatic rings. The van der Waals surface area contributed by atoms with Crippen LogP contribution in [0.2, 0.25) is 0 Å². The van der Waals surface area contributed by atoms with E-state index in [2.05, 4.69) is 29.4 Å². The third-order valence-electron chi connectivity index (χ3n) is 4.58. The topological polar surface area (TPSA) is 83.8 Å². The second kappa shape index (κ2) is 9.52. The van der Waals surface area contributed by atoms with E-state index >= 15 is 0 Å². The van der Waals surface area contributed by atoms with Gasteiger partial charge in [0.25, 0.3) is 11.8 Å². The number of hydrogen-bond donors (Lipinski definition) is 2. The summed E-state index contributed by atoms with van der Waals surface area (Å²) in [6, 6.07) is 10.0. The number of benzene rings is 1. The van der Waals surface area contributed by atoms with Gasteiger partial charge in [0.1, 0.15) is 0 Å². The molecule has 7 nitrogen and oxygen atoms in total. The number of hydrogen-bond acceptors (Lipinski definition) is 5. The van der Waals surface area contributed by atoms with E-state index in [1.165, 1.54) is 6.26 Å². The number of anilines is 1. The molecule has 150 valence electrons. The molecule has 0 aliphatic carbocycles. The first kappa shape index (κ1) is 20.1. The van der Waals surface area contributed by atoms with Crippen LogP contribution in [0, 0.1) is 0 Å². The summed E-state index contributed by atoms with van der Waals surface area (Å²) in [7, 11) is 0. The maximum atomic E-state index is 12.3. The quantitative estimate of drug-likeness (QED) is 0.716. The normalized spacial score (nSPS) is 19.9. The molecule has 0 saturated carbocycles. The van der Waals surface area contributed by atoms with E-state index in [1.807, 2.05) is 0 Å². The van der Waals surface area contributed by atoms with E-state index in [0.29, 0.717) is 17.8 Å². The average molecular weight is 385 g/mol. The zero-order valence-corrected chi connectivity index (χ0v) is 16.3. The Hall–Kier alpha value is -2.64. The number of rotatable bonds is 7. The Balaban J connectivity index is 1.40.